The maximum Gasteiger partial charge on any atom is 0.255 e. The standard InChI is InChI=1S/C16H18N2O3S2/c1-3-23(20,21)18-13-9-7-12(8-10-13)16(19)17-14-5-4-6-15(11-14)22-2/h4-11,18H,3H2,1-2H3,(H,17,19). The maximum absolute atomic E-state index is 12.2. The quantitative estimate of drug-likeness (QED) is 0.783. The third-order valence-corrected chi connectivity index (χ3v) is 5.16. The van der Waals surface area contributed by atoms with Crippen LogP contribution in [-0.2, 0) is 10.0 Å². The van der Waals surface area contributed by atoms with E-state index in [1.54, 1.807) is 43.0 Å². The van der Waals surface area contributed by atoms with Crippen molar-refractivity contribution in [1.29, 1.82) is 0 Å². The van der Waals surface area contributed by atoms with Crippen molar-refractivity contribution in [2.45, 2.75) is 11.8 Å². The van der Waals surface area contributed by atoms with E-state index in [1.807, 2.05) is 30.5 Å². The van der Waals surface area contributed by atoms with Crippen molar-refractivity contribution in [2.75, 3.05) is 22.0 Å². The van der Waals surface area contributed by atoms with Crippen LogP contribution in [0.4, 0.5) is 11.4 Å². The van der Waals surface area contributed by atoms with Gasteiger partial charge in [-0.25, -0.2) is 8.42 Å². The number of carbonyl (C=O) groups is 1. The Morgan fingerprint density at radius 1 is 1.09 bits per heavy atom. The highest BCUT2D eigenvalue weighted by molar-refractivity contribution is 7.98. The van der Waals surface area contributed by atoms with Crippen LogP contribution in [0.5, 0.6) is 0 Å². The molecule has 0 saturated carbocycles. The number of carbonyl (C=O) groups excluding carboxylic acids is 1. The summed E-state index contributed by atoms with van der Waals surface area (Å²) in [5.74, 6) is -0.241. The second kappa shape index (κ2) is 7.52. The molecule has 122 valence electrons. The highest BCUT2D eigenvalue weighted by Crippen LogP contribution is 2.20. The molecule has 0 heterocycles. The lowest BCUT2D eigenvalue weighted by Crippen LogP contribution is -2.15. The van der Waals surface area contributed by atoms with Crippen molar-refractivity contribution in [1.82, 2.24) is 0 Å². The Morgan fingerprint density at radius 2 is 1.78 bits per heavy atom. The van der Waals surface area contributed by atoms with E-state index in [0.717, 1.165) is 10.6 Å². The molecule has 0 radical (unpaired) electrons. The summed E-state index contributed by atoms with van der Waals surface area (Å²) in [6, 6.07) is 13.9. The van der Waals surface area contributed by atoms with Crippen molar-refractivity contribution < 1.29 is 13.2 Å². The summed E-state index contributed by atoms with van der Waals surface area (Å²) in [7, 11) is -3.31. The van der Waals surface area contributed by atoms with E-state index < -0.39 is 10.0 Å². The molecule has 0 aliphatic heterocycles. The Balaban J connectivity index is 2.08. The molecule has 2 rings (SSSR count). The molecule has 0 bridgehead atoms. The van der Waals surface area contributed by atoms with Gasteiger partial charge in [0.15, 0.2) is 0 Å². The van der Waals surface area contributed by atoms with Gasteiger partial charge in [0.1, 0.15) is 0 Å². The van der Waals surface area contributed by atoms with Gasteiger partial charge in [-0.1, -0.05) is 6.07 Å². The second-order valence-electron chi connectivity index (χ2n) is 4.77. The van der Waals surface area contributed by atoms with Crippen LogP contribution in [-0.4, -0.2) is 26.3 Å². The van der Waals surface area contributed by atoms with E-state index >= 15 is 0 Å². The highest BCUT2D eigenvalue weighted by Gasteiger charge is 2.09. The number of nitrogens with one attached hydrogen (secondary N) is 2. The molecule has 2 aromatic rings. The number of amides is 1. The molecule has 1 amide bonds. The number of sulfonamides is 1. The first-order valence-electron chi connectivity index (χ1n) is 6.99. The Kier molecular flexibility index (Phi) is 5.68. The zero-order valence-electron chi connectivity index (χ0n) is 12.9. The SMILES string of the molecule is CCS(=O)(=O)Nc1ccc(C(=O)Nc2cccc(SC)c2)cc1. The van der Waals surface area contributed by atoms with Crippen molar-refractivity contribution in [3.8, 4) is 0 Å². The largest absolute Gasteiger partial charge is 0.322 e. The lowest BCUT2D eigenvalue weighted by Gasteiger charge is -2.08. The summed E-state index contributed by atoms with van der Waals surface area (Å²) in [4.78, 5) is 13.3. The lowest BCUT2D eigenvalue weighted by atomic mass is 10.2. The van der Waals surface area contributed by atoms with Gasteiger partial charge in [-0.2, -0.15) is 0 Å². The van der Waals surface area contributed by atoms with E-state index in [2.05, 4.69) is 10.0 Å². The smallest absolute Gasteiger partial charge is 0.255 e. The van der Waals surface area contributed by atoms with Crippen LogP contribution < -0.4 is 10.0 Å². The summed E-state index contributed by atoms with van der Waals surface area (Å²) in [5, 5.41) is 2.82. The minimum absolute atomic E-state index is 0.00101. The zero-order chi connectivity index (χ0) is 16.9. The average Bonchev–Trinajstić information content (AvgIpc) is 2.55. The predicted molar refractivity (Wildman–Crippen MR) is 95.7 cm³/mol. The van der Waals surface area contributed by atoms with Crippen LogP contribution in [0.15, 0.2) is 53.4 Å². The van der Waals surface area contributed by atoms with Gasteiger partial charge in [-0.15, -0.1) is 11.8 Å². The summed E-state index contributed by atoms with van der Waals surface area (Å²) < 4.78 is 25.4. The summed E-state index contributed by atoms with van der Waals surface area (Å²) >= 11 is 1.60. The predicted octanol–water partition coefficient (Wildman–Crippen LogP) is 3.42. The fourth-order valence-electron chi connectivity index (χ4n) is 1.85. The van der Waals surface area contributed by atoms with Crippen molar-refractivity contribution in [3.05, 3.63) is 54.1 Å². The Labute approximate surface area is 140 Å². The van der Waals surface area contributed by atoms with Gasteiger partial charge in [0.2, 0.25) is 10.0 Å². The molecule has 7 heteroatoms. The third-order valence-electron chi connectivity index (χ3n) is 3.13. The number of benzene rings is 2. The number of hydrogen-bond donors (Lipinski definition) is 2. The van der Waals surface area contributed by atoms with Gasteiger partial charge in [-0.3, -0.25) is 9.52 Å². The van der Waals surface area contributed by atoms with Crippen LogP contribution >= 0.6 is 11.8 Å². The fourth-order valence-corrected chi connectivity index (χ4v) is 2.94. The molecule has 0 aromatic heterocycles. The van der Waals surface area contributed by atoms with Gasteiger partial charge in [0.05, 0.1) is 5.75 Å². The van der Waals surface area contributed by atoms with E-state index in [1.165, 1.54) is 0 Å². The Bertz CT molecular complexity index is 787. The normalized spacial score (nSPS) is 11.0. The summed E-state index contributed by atoms with van der Waals surface area (Å²) in [6.45, 7) is 1.56. The molecule has 0 aliphatic rings. The molecule has 2 N–H and O–H groups in total. The first-order valence-corrected chi connectivity index (χ1v) is 9.87. The molecule has 5 nitrogen and oxygen atoms in total. The van der Waals surface area contributed by atoms with Crippen LogP contribution in [0.3, 0.4) is 0 Å². The molecule has 0 atom stereocenters. The number of rotatable bonds is 6. The van der Waals surface area contributed by atoms with Crippen molar-refractivity contribution in [3.63, 3.8) is 0 Å². The van der Waals surface area contributed by atoms with E-state index in [0.29, 0.717) is 11.3 Å². The third kappa shape index (κ3) is 5.01. The fraction of sp³-hybridized carbons (Fsp3) is 0.188. The molecule has 23 heavy (non-hydrogen) atoms. The monoisotopic (exact) mass is 350 g/mol. The van der Waals surface area contributed by atoms with Gasteiger partial charge in [-0.05, 0) is 55.6 Å². The van der Waals surface area contributed by atoms with E-state index in [-0.39, 0.29) is 11.7 Å². The van der Waals surface area contributed by atoms with Gasteiger partial charge >= 0.3 is 0 Å². The van der Waals surface area contributed by atoms with Crippen LogP contribution in [0.2, 0.25) is 0 Å². The molecule has 0 fully saturated rings. The number of hydrogen-bond acceptors (Lipinski definition) is 4. The topological polar surface area (TPSA) is 75.3 Å². The summed E-state index contributed by atoms with van der Waals surface area (Å²) in [6.07, 6.45) is 1.97. The molecule has 0 aliphatic carbocycles. The highest BCUT2D eigenvalue weighted by atomic mass is 32.2. The van der Waals surface area contributed by atoms with Gasteiger partial charge in [0.25, 0.3) is 5.91 Å². The van der Waals surface area contributed by atoms with Gasteiger partial charge in [0, 0.05) is 21.8 Å². The first-order chi connectivity index (χ1) is 10.9. The minimum Gasteiger partial charge on any atom is -0.322 e. The average molecular weight is 350 g/mol. The van der Waals surface area contributed by atoms with Crippen molar-refractivity contribution in [2.24, 2.45) is 0 Å². The molecular formula is C16H18N2O3S2. The first kappa shape index (κ1) is 17.4. The Morgan fingerprint density at radius 3 is 2.39 bits per heavy atom. The lowest BCUT2D eigenvalue weighted by molar-refractivity contribution is 0.102. The molecule has 0 saturated heterocycles. The van der Waals surface area contributed by atoms with Crippen LogP contribution in [0.25, 0.3) is 0 Å². The van der Waals surface area contributed by atoms with Gasteiger partial charge < -0.3 is 5.32 Å². The minimum atomic E-state index is -3.31. The molecule has 0 unspecified atom stereocenters. The van der Waals surface area contributed by atoms with E-state index in [9.17, 15) is 13.2 Å². The van der Waals surface area contributed by atoms with E-state index in [4.69, 9.17) is 0 Å². The maximum atomic E-state index is 12.2. The molecule has 2 aromatic carbocycles. The molecular weight excluding hydrogens is 332 g/mol. The Hall–Kier alpha value is -1.99. The number of anilines is 2. The number of thioether (sulfide) groups is 1. The molecule has 0 spiro atoms. The zero-order valence-corrected chi connectivity index (χ0v) is 14.5. The summed E-state index contributed by atoms with van der Waals surface area (Å²) in [5.41, 5.74) is 1.62. The van der Waals surface area contributed by atoms with Crippen LogP contribution in [0.1, 0.15) is 17.3 Å². The van der Waals surface area contributed by atoms with Crippen molar-refractivity contribution >= 4 is 39.1 Å². The second-order valence-corrected chi connectivity index (χ2v) is 7.66. The van der Waals surface area contributed by atoms with Crippen LogP contribution in [0, 0.1) is 0 Å².